The topological polar surface area (TPSA) is 81.5 Å². The third kappa shape index (κ3) is 4.65. The summed E-state index contributed by atoms with van der Waals surface area (Å²) in [6, 6.07) is 9.92. The molecule has 0 bridgehead atoms. The number of morpholine rings is 1. The van der Waals surface area contributed by atoms with Gasteiger partial charge in [-0.2, -0.15) is 5.26 Å². The van der Waals surface area contributed by atoms with Crippen LogP contribution in [0.5, 0.6) is 0 Å². The largest absolute Gasteiger partial charge is 0.365 e. The standard InChI is InChI=1S/C25H31N5O2.ClH/c1-18-16-30(21-5-4-19(15-26)23-20(21)3-2-10-28-23)17-22(32-18)24(31)29-13-8-25(9-14-29)6-11-27-12-7-25;/h2-5,10,18,22,27H,6-9,11-14,16-17H2,1H3;1H/t18-,22-;/m1./s1. The van der Waals surface area contributed by atoms with E-state index in [1.54, 1.807) is 6.20 Å². The molecular weight excluding hydrogens is 438 g/mol. The number of benzene rings is 1. The Balaban J connectivity index is 0.00000259. The van der Waals surface area contributed by atoms with Gasteiger partial charge in [-0.25, -0.2) is 0 Å². The fourth-order valence-corrected chi connectivity index (χ4v) is 5.67. The number of nitriles is 1. The van der Waals surface area contributed by atoms with Gasteiger partial charge in [0.25, 0.3) is 5.91 Å². The van der Waals surface area contributed by atoms with E-state index in [1.165, 1.54) is 12.8 Å². The summed E-state index contributed by atoms with van der Waals surface area (Å²) in [4.78, 5) is 22.1. The maximum atomic E-state index is 13.4. The Labute approximate surface area is 201 Å². The highest BCUT2D eigenvalue weighted by molar-refractivity contribution is 5.95. The van der Waals surface area contributed by atoms with Gasteiger partial charge in [0.1, 0.15) is 6.07 Å². The van der Waals surface area contributed by atoms with E-state index < -0.39 is 6.10 Å². The number of ether oxygens (including phenoxy) is 1. The van der Waals surface area contributed by atoms with Gasteiger partial charge >= 0.3 is 0 Å². The predicted molar refractivity (Wildman–Crippen MR) is 131 cm³/mol. The maximum absolute atomic E-state index is 13.4. The molecule has 3 saturated heterocycles. The Morgan fingerprint density at radius 1 is 1.18 bits per heavy atom. The third-order valence-electron chi connectivity index (χ3n) is 7.54. The average molecular weight is 470 g/mol. The Morgan fingerprint density at radius 2 is 1.94 bits per heavy atom. The lowest BCUT2D eigenvalue weighted by Crippen LogP contribution is -2.56. The number of amides is 1. The summed E-state index contributed by atoms with van der Waals surface area (Å²) in [5.74, 6) is 0.112. The molecule has 1 amide bonds. The number of anilines is 1. The zero-order valence-electron chi connectivity index (χ0n) is 19.1. The number of carbonyl (C=O) groups is 1. The number of piperidine rings is 2. The van der Waals surface area contributed by atoms with E-state index in [2.05, 4.69) is 21.3 Å². The van der Waals surface area contributed by atoms with Crippen LogP contribution in [0.2, 0.25) is 0 Å². The highest BCUT2D eigenvalue weighted by Gasteiger charge is 2.40. The first-order chi connectivity index (χ1) is 15.6. The number of fused-ring (bicyclic) bond motifs is 1. The van der Waals surface area contributed by atoms with Gasteiger partial charge < -0.3 is 19.9 Å². The molecule has 4 heterocycles. The molecule has 0 aliphatic carbocycles. The normalized spacial score (nSPS) is 24.8. The molecule has 7 nitrogen and oxygen atoms in total. The zero-order valence-corrected chi connectivity index (χ0v) is 19.9. The number of nitrogens with one attached hydrogen (secondary N) is 1. The van der Waals surface area contributed by atoms with Crippen molar-refractivity contribution in [1.29, 1.82) is 5.26 Å². The number of pyridine rings is 1. The van der Waals surface area contributed by atoms with Crippen LogP contribution in [0.3, 0.4) is 0 Å². The molecule has 3 fully saturated rings. The maximum Gasteiger partial charge on any atom is 0.253 e. The summed E-state index contributed by atoms with van der Waals surface area (Å²) < 4.78 is 6.14. The first kappa shape index (κ1) is 23.7. The number of carbonyl (C=O) groups excluding carboxylic acids is 1. The lowest BCUT2D eigenvalue weighted by atomic mass is 9.71. The lowest BCUT2D eigenvalue weighted by molar-refractivity contribution is -0.150. The number of nitrogens with zero attached hydrogens (tertiary/aromatic N) is 4. The number of halogens is 1. The molecule has 2 atom stereocenters. The molecule has 3 aliphatic heterocycles. The molecule has 0 saturated carbocycles. The Bertz CT molecular complexity index is 1040. The minimum Gasteiger partial charge on any atom is -0.365 e. The molecule has 3 aliphatic rings. The lowest BCUT2D eigenvalue weighted by Gasteiger charge is -2.46. The van der Waals surface area contributed by atoms with Gasteiger partial charge in [-0.15, -0.1) is 12.4 Å². The summed E-state index contributed by atoms with van der Waals surface area (Å²) in [7, 11) is 0. The van der Waals surface area contributed by atoms with Crippen molar-refractivity contribution in [3.63, 3.8) is 0 Å². The molecule has 176 valence electrons. The quantitative estimate of drug-likeness (QED) is 0.727. The minimum atomic E-state index is -0.469. The summed E-state index contributed by atoms with van der Waals surface area (Å²) in [5, 5.41) is 13.9. The second-order valence-electron chi connectivity index (χ2n) is 9.56. The molecule has 1 spiro atoms. The van der Waals surface area contributed by atoms with E-state index in [0.717, 1.165) is 50.1 Å². The molecule has 2 aromatic rings. The molecule has 0 unspecified atom stereocenters. The van der Waals surface area contributed by atoms with Crippen LogP contribution in [-0.2, 0) is 9.53 Å². The fourth-order valence-electron chi connectivity index (χ4n) is 5.67. The van der Waals surface area contributed by atoms with Crippen LogP contribution in [0.1, 0.15) is 38.2 Å². The van der Waals surface area contributed by atoms with Gasteiger partial charge in [0, 0.05) is 36.9 Å². The van der Waals surface area contributed by atoms with Crippen molar-refractivity contribution in [2.75, 3.05) is 44.2 Å². The highest BCUT2D eigenvalue weighted by Crippen LogP contribution is 2.40. The SMILES string of the molecule is C[C@@H]1CN(c2ccc(C#N)c3ncccc23)C[C@H](C(=O)N2CCC3(CCNCC3)CC2)O1.Cl. The fraction of sp³-hybridized carbons (Fsp3) is 0.560. The smallest absolute Gasteiger partial charge is 0.253 e. The van der Waals surface area contributed by atoms with Gasteiger partial charge in [-0.05, 0) is 75.4 Å². The van der Waals surface area contributed by atoms with E-state index in [4.69, 9.17) is 4.74 Å². The Hall–Kier alpha value is -2.40. The summed E-state index contributed by atoms with van der Waals surface area (Å²) >= 11 is 0. The molecule has 33 heavy (non-hydrogen) atoms. The first-order valence-corrected chi connectivity index (χ1v) is 11.8. The van der Waals surface area contributed by atoms with Crippen molar-refractivity contribution >= 4 is 34.9 Å². The van der Waals surface area contributed by atoms with Crippen LogP contribution in [-0.4, -0.2) is 67.3 Å². The highest BCUT2D eigenvalue weighted by atomic mass is 35.5. The zero-order chi connectivity index (χ0) is 22.1. The summed E-state index contributed by atoms with van der Waals surface area (Å²) in [6.45, 7) is 7.10. The van der Waals surface area contributed by atoms with E-state index in [0.29, 0.717) is 29.6 Å². The van der Waals surface area contributed by atoms with E-state index in [-0.39, 0.29) is 24.4 Å². The summed E-state index contributed by atoms with van der Waals surface area (Å²) in [6.07, 6.45) is 5.83. The second-order valence-corrected chi connectivity index (χ2v) is 9.56. The molecule has 1 N–H and O–H groups in total. The number of hydrogen-bond donors (Lipinski definition) is 1. The van der Waals surface area contributed by atoms with Gasteiger partial charge in [-0.1, -0.05) is 0 Å². The second kappa shape index (κ2) is 9.84. The van der Waals surface area contributed by atoms with Crippen LogP contribution in [0, 0.1) is 16.7 Å². The van der Waals surface area contributed by atoms with Gasteiger partial charge in [0.2, 0.25) is 0 Å². The van der Waals surface area contributed by atoms with Gasteiger partial charge in [0.05, 0.1) is 23.7 Å². The minimum absolute atomic E-state index is 0. The molecular formula is C25H32ClN5O2. The van der Waals surface area contributed by atoms with Crippen molar-refractivity contribution in [2.24, 2.45) is 5.41 Å². The molecule has 8 heteroatoms. The number of aromatic nitrogens is 1. The van der Waals surface area contributed by atoms with E-state index in [9.17, 15) is 10.1 Å². The predicted octanol–water partition coefficient (Wildman–Crippen LogP) is 3.11. The van der Waals surface area contributed by atoms with Crippen LogP contribution >= 0.6 is 12.4 Å². The van der Waals surface area contributed by atoms with Crippen molar-refractivity contribution in [2.45, 2.75) is 44.8 Å². The monoisotopic (exact) mass is 469 g/mol. The number of rotatable bonds is 2. The number of hydrogen-bond acceptors (Lipinski definition) is 6. The van der Waals surface area contributed by atoms with E-state index in [1.807, 2.05) is 36.1 Å². The Kier molecular flexibility index (Phi) is 7.08. The average Bonchev–Trinajstić information content (AvgIpc) is 2.83. The van der Waals surface area contributed by atoms with Crippen LogP contribution < -0.4 is 10.2 Å². The van der Waals surface area contributed by atoms with Crippen molar-refractivity contribution in [3.05, 3.63) is 36.0 Å². The number of likely N-dealkylation sites (tertiary alicyclic amines) is 1. The first-order valence-electron chi connectivity index (χ1n) is 11.8. The molecule has 0 radical (unpaired) electrons. The van der Waals surface area contributed by atoms with Crippen molar-refractivity contribution in [1.82, 2.24) is 15.2 Å². The van der Waals surface area contributed by atoms with Crippen LogP contribution in [0.25, 0.3) is 10.9 Å². The summed E-state index contributed by atoms with van der Waals surface area (Å²) in [5.41, 5.74) is 2.70. The Morgan fingerprint density at radius 3 is 2.67 bits per heavy atom. The van der Waals surface area contributed by atoms with Crippen LogP contribution in [0.4, 0.5) is 5.69 Å². The third-order valence-corrected chi connectivity index (χ3v) is 7.54. The van der Waals surface area contributed by atoms with Gasteiger partial charge in [0.15, 0.2) is 6.10 Å². The van der Waals surface area contributed by atoms with Crippen molar-refractivity contribution < 1.29 is 9.53 Å². The van der Waals surface area contributed by atoms with Gasteiger partial charge in [-0.3, -0.25) is 9.78 Å². The van der Waals surface area contributed by atoms with Crippen molar-refractivity contribution in [3.8, 4) is 6.07 Å². The molecule has 5 rings (SSSR count). The van der Waals surface area contributed by atoms with Crippen LogP contribution in [0.15, 0.2) is 30.5 Å². The molecule has 1 aromatic carbocycles. The molecule has 1 aromatic heterocycles. The van der Waals surface area contributed by atoms with E-state index >= 15 is 0 Å².